The standard InChI is InChI=1S/C19H13F2N5O3/c20-10-2-1-3-11(21)17(10)12-7-13(18-14(23-12)8-22-19(18)29)24-15-5-4-9(25-26-15)6-16(27)28/h1-5,7H,6,8H2,(H,22,29)(H,27,28)(H,23,24,26). The Bertz CT molecular complexity index is 1120. The Kier molecular flexibility index (Phi) is 4.59. The summed E-state index contributed by atoms with van der Waals surface area (Å²) in [5.41, 5.74) is 0.808. The number of hydrogen-bond donors (Lipinski definition) is 3. The van der Waals surface area contributed by atoms with E-state index >= 15 is 0 Å². The van der Waals surface area contributed by atoms with E-state index in [-0.39, 0.29) is 52.9 Å². The van der Waals surface area contributed by atoms with Gasteiger partial charge < -0.3 is 15.7 Å². The zero-order valence-corrected chi connectivity index (χ0v) is 14.7. The Morgan fingerprint density at radius 2 is 1.90 bits per heavy atom. The molecular weight excluding hydrogens is 384 g/mol. The molecule has 10 heteroatoms. The van der Waals surface area contributed by atoms with Gasteiger partial charge in [-0.25, -0.2) is 13.8 Å². The van der Waals surface area contributed by atoms with E-state index in [2.05, 4.69) is 25.8 Å². The molecule has 1 aliphatic heterocycles. The van der Waals surface area contributed by atoms with Gasteiger partial charge >= 0.3 is 5.97 Å². The predicted molar refractivity (Wildman–Crippen MR) is 97.4 cm³/mol. The molecule has 29 heavy (non-hydrogen) atoms. The monoisotopic (exact) mass is 397 g/mol. The minimum atomic E-state index is -1.04. The summed E-state index contributed by atoms with van der Waals surface area (Å²) in [5.74, 6) is -2.75. The van der Waals surface area contributed by atoms with Crippen LogP contribution in [0.3, 0.4) is 0 Å². The van der Waals surface area contributed by atoms with E-state index in [1.165, 1.54) is 24.3 Å². The average molecular weight is 397 g/mol. The Balaban J connectivity index is 1.76. The maximum Gasteiger partial charge on any atom is 0.309 e. The van der Waals surface area contributed by atoms with Crippen LogP contribution in [0.1, 0.15) is 21.7 Å². The van der Waals surface area contributed by atoms with Gasteiger partial charge in [-0.2, -0.15) is 5.10 Å². The second-order valence-electron chi connectivity index (χ2n) is 6.26. The number of anilines is 2. The lowest BCUT2D eigenvalue weighted by Gasteiger charge is -2.12. The molecule has 3 N–H and O–H groups in total. The molecule has 2 aromatic heterocycles. The number of carboxylic acids is 1. The summed E-state index contributed by atoms with van der Waals surface area (Å²) in [6.07, 6.45) is -0.281. The van der Waals surface area contributed by atoms with Gasteiger partial charge in [-0.15, -0.1) is 5.10 Å². The highest BCUT2D eigenvalue weighted by molar-refractivity contribution is 6.04. The number of carbonyl (C=O) groups excluding carboxylic acids is 1. The van der Waals surface area contributed by atoms with Crippen molar-refractivity contribution in [1.82, 2.24) is 20.5 Å². The van der Waals surface area contributed by atoms with E-state index in [0.717, 1.165) is 12.1 Å². The number of rotatable bonds is 5. The van der Waals surface area contributed by atoms with Crippen LogP contribution in [0.15, 0.2) is 36.4 Å². The van der Waals surface area contributed by atoms with Crippen molar-refractivity contribution < 1.29 is 23.5 Å². The normalized spacial score (nSPS) is 12.4. The number of pyridine rings is 1. The van der Waals surface area contributed by atoms with Crippen molar-refractivity contribution in [2.24, 2.45) is 0 Å². The first kappa shape index (κ1) is 18.4. The van der Waals surface area contributed by atoms with Crippen LogP contribution in [-0.2, 0) is 17.8 Å². The SMILES string of the molecule is O=C(O)Cc1ccc(Nc2cc(-c3c(F)cccc3F)nc3c2C(=O)NC3)nn1. The molecule has 0 unspecified atom stereocenters. The highest BCUT2D eigenvalue weighted by Gasteiger charge is 2.27. The first-order chi connectivity index (χ1) is 13.9. The fourth-order valence-corrected chi connectivity index (χ4v) is 3.01. The number of aromatic nitrogens is 3. The Labute approximate surface area is 162 Å². The van der Waals surface area contributed by atoms with E-state index in [1.807, 2.05) is 0 Å². The summed E-state index contributed by atoms with van der Waals surface area (Å²) < 4.78 is 28.4. The molecule has 1 aliphatic rings. The highest BCUT2D eigenvalue weighted by atomic mass is 19.1. The van der Waals surface area contributed by atoms with Gasteiger partial charge in [0.25, 0.3) is 5.91 Å². The lowest BCUT2D eigenvalue weighted by molar-refractivity contribution is -0.136. The molecule has 0 spiro atoms. The van der Waals surface area contributed by atoms with Gasteiger partial charge in [-0.05, 0) is 30.3 Å². The molecule has 4 rings (SSSR count). The Morgan fingerprint density at radius 1 is 1.14 bits per heavy atom. The number of aliphatic carboxylic acids is 1. The predicted octanol–water partition coefficient (Wildman–Crippen LogP) is 2.43. The molecule has 0 saturated heterocycles. The van der Waals surface area contributed by atoms with Crippen molar-refractivity contribution in [2.75, 3.05) is 5.32 Å². The number of carbonyl (C=O) groups is 2. The molecule has 0 atom stereocenters. The quantitative estimate of drug-likeness (QED) is 0.605. The maximum absolute atomic E-state index is 14.2. The summed E-state index contributed by atoms with van der Waals surface area (Å²) in [4.78, 5) is 27.2. The largest absolute Gasteiger partial charge is 0.481 e. The number of halogens is 2. The molecule has 0 fully saturated rings. The fraction of sp³-hybridized carbons (Fsp3) is 0.105. The highest BCUT2D eigenvalue weighted by Crippen LogP contribution is 2.32. The van der Waals surface area contributed by atoms with Gasteiger partial charge in [0.1, 0.15) is 11.6 Å². The van der Waals surface area contributed by atoms with Gasteiger partial charge in [-0.3, -0.25) is 9.59 Å². The number of carboxylic acid groups (broad SMARTS) is 1. The third-order valence-electron chi connectivity index (χ3n) is 4.27. The molecule has 0 bridgehead atoms. The van der Waals surface area contributed by atoms with Gasteiger partial charge in [0.05, 0.1) is 46.9 Å². The van der Waals surface area contributed by atoms with Crippen molar-refractivity contribution in [1.29, 1.82) is 0 Å². The van der Waals surface area contributed by atoms with Crippen molar-refractivity contribution >= 4 is 23.4 Å². The topological polar surface area (TPSA) is 117 Å². The molecule has 0 aliphatic carbocycles. The molecule has 0 radical (unpaired) electrons. The summed E-state index contributed by atoms with van der Waals surface area (Å²) in [7, 11) is 0. The molecule has 1 aromatic carbocycles. The number of amides is 1. The minimum Gasteiger partial charge on any atom is -0.481 e. The van der Waals surface area contributed by atoms with Crippen LogP contribution in [0.25, 0.3) is 11.3 Å². The molecule has 146 valence electrons. The van der Waals surface area contributed by atoms with Crippen molar-refractivity contribution in [3.8, 4) is 11.3 Å². The molecular formula is C19H13F2N5O3. The lowest BCUT2D eigenvalue weighted by atomic mass is 10.1. The molecule has 1 amide bonds. The lowest BCUT2D eigenvalue weighted by Crippen LogP contribution is -2.13. The molecule has 3 heterocycles. The van der Waals surface area contributed by atoms with Gasteiger partial charge in [0, 0.05) is 0 Å². The fourth-order valence-electron chi connectivity index (χ4n) is 3.01. The van der Waals surface area contributed by atoms with Crippen LogP contribution >= 0.6 is 0 Å². The smallest absolute Gasteiger partial charge is 0.309 e. The zero-order valence-electron chi connectivity index (χ0n) is 14.7. The first-order valence-electron chi connectivity index (χ1n) is 8.50. The van der Waals surface area contributed by atoms with Gasteiger partial charge in [0.2, 0.25) is 0 Å². The first-order valence-corrected chi connectivity index (χ1v) is 8.50. The maximum atomic E-state index is 14.2. The van der Waals surface area contributed by atoms with E-state index in [9.17, 15) is 18.4 Å². The summed E-state index contributed by atoms with van der Waals surface area (Å²) >= 11 is 0. The number of fused-ring (bicyclic) bond motifs is 1. The number of benzene rings is 1. The van der Waals surface area contributed by atoms with Crippen molar-refractivity contribution in [2.45, 2.75) is 13.0 Å². The third kappa shape index (κ3) is 3.59. The van der Waals surface area contributed by atoms with Crippen LogP contribution in [-0.4, -0.2) is 32.2 Å². The van der Waals surface area contributed by atoms with Crippen molar-refractivity contribution in [3.63, 3.8) is 0 Å². The minimum absolute atomic E-state index is 0.0220. The van der Waals surface area contributed by atoms with Crippen LogP contribution in [0.4, 0.5) is 20.3 Å². The van der Waals surface area contributed by atoms with E-state index in [1.54, 1.807) is 0 Å². The molecule has 0 saturated carbocycles. The number of nitrogens with zero attached hydrogens (tertiary/aromatic N) is 3. The number of hydrogen-bond acceptors (Lipinski definition) is 6. The average Bonchev–Trinajstić information content (AvgIpc) is 3.04. The van der Waals surface area contributed by atoms with E-state index in [4.69, 9.17) is 5.11 Å². The van der Waals surface area contributed by atoms with E-state index in [0.29, 0.717) is 5.69 Å². The second kappa shape index (κ2) is 7.23. The Morgan fingerprint density at radius 3 is 2.55 bits per heavy atom. The zero-order chi connectivity index (χ0) is 20.5. The second-order valence-corrected chi connectivity index (χ2v) is 6.26. The number of nitrogens with one attached hydrogen (secondary N) is 2. The van der Waals surface area contributed by atoms with Gasteiger partial charge in [-0.1, -0.05) is 6.07 Å². The van der Waals surface area contributed by atoms with Crippen LogP contribution in [0.2, 0.25) is 0 Å². The van der Waals surface area contributed by atoms with Crippen molar-refractivity contribution in [3.05, 3.63) is 65.0 Å². The molecule has 3 aromatic rings. The van der Waals surface area contributed by atoms with Crippen LogP contribution < -0.4 is 10.6 Å². The Hall–Kier alpha value is -3.95. The third-order valence-corrected chi connectivity index (χ3v) is 4.27. The van der Waals surface area contributed by atoms with Gasteiger partial charge in [0.15, 0.2) is 5.82 Å². The van der Waals surface area contributed by atoms with E-state index < -0.39 is 17.6 Å². The summed E-state index contributed by atoms with van der Waals surface area (Å²) in [6, 6.07) is 7.82. The summed E-state index contributed by atoms with van der Waals surface area (Å²) in [5, 5.41) is 22.0. The van der Waals surface area contributed by atoms with Crippen LogP contribution in [0.5, 0.6) is 0 Å². The summed E-state index contributed by atoms with van der Waals surface area (Å²) in [6.45, 7) is 0.121. The molecule has 8 nitrogen and oxygen atoms in total. The van der Waals surface area contributed by atoms with Crippen LogP contribution in [0, 0.1) is 11.6 Å².